The van der Waals surface area contributed by atoms with Gasteiger partial charge in [-0.2, -0.15) is 0 Å². The molecule has 4 nitrogen and oxygen atoms in total. The molecule has 0 aliphatic rings. The third kappa shape index (κ3) is 6.43. The number of benzene rings is 3. The van der Waals surface area contributed by atoms with Crippen LogP contribution in [0.25, 0.3) is 0 Å². The van der Waals surface area contributed by atoms with E-state index in [2.05, 4.69) is 31.4 Å². The van der Waals surface area contributed by atoms with Gasteiger partial charge in [0.2, 0.25) is 5.91 Å². The number of halogens is 1. The lowest BCUT2D eigenvalue weighted by Gasteiger charge is -2.19. The van der Waals surface area contributed by atoms with Crippen LogP contribution in [0.3, 0.4) is 0 Å². The average molecular weight is 435 g/mol. The minimum atomic E-state index is -0.169. The van der Waals surface area contributed by atoms with Crippen LogP contribution in [0.4, 0.5) is 11.4 Å². The Morgan fingerprint density at radius 1 is 0.806 bits per heavy atom. The van der Waals surface area contributed by atoms with E-state index < -0.39 is 0 Å². The summed E-state index contributed by atoms with van der Waals surface area (Å²) in [6.07, 6.45) is 0.917. The third-order valence-electron chi connectivity index (χ3n) is 5.02. The smallest absolute Gasteiger partial charge is 0.255 e. The maximum absolute atomic E-state index is 12.5. The standard InChI is InChI=1S/C26H27ClN2O2/c1-26(2,3)20-11-8-19(9-12-20)25(31)29-22-15-13-21(14-16-22)28-24(30)17-10-18-6-4-5-7-23(18)27/h4-9,11-16H,10,17H2,1-3H3,(H,28,30)(H,29,31). The number of anilines is 2. The molecule has 0 radical (unpaired) electrons. The summed E-state index contributed by atoms with van der Waals surface area (Å²) in [5.74, 6) is -0.257. The van der Waals surface area contributed by atoms with Gasteiger partial charge in [-0.25, -0.2) is 0 Å². The van der Waals surface area contributed by atoms with Crippen LogP contribution < -0.4 is 10.6 Å². The minimum Gasteiger partial charge on any atom is -0.326 e. The van der Waals surface area contributed by atoms with Crippen molar-refractivity contribution < 1.29 is 9.59 Å². The molecule has 0 heterocycles. The summed E-state index contributed by atoms with van der Waals surface area (Å²) < 4.78 is 0. The number of amides is 2. The van der Waals surface area contributed by atoms with Crippen LogP contribution in [0.5, 0.6) is 0 Å². The predicted octanol–water partition coefficient (Wildman–Crippen LogP) is 6.46. The van der Waals surface area contributed by atoms with E-state index in [-0.39, 0.29) is 17.2 Å². The fraction of sp³-hybridized carbons (Fsp3) is 0.231. The van der Waals surface area contributed by atoms with Crippen LogP contribution in [-0.2, 0) is 16.6 Å². The predicted molar refractivity (Wildman–Crippen MR) is 128 cm³/mol. The Balaban J connectivity index is 1.53. The molecule has 3 aromatic carbocycles. The monoisotopic (exact) mass is 434 g/mol. The average Bonchev–Trinajstić information content (AvgIpc) is 2.74. The Labute approximate surface area is 188 Å². The van der Waals surface area contributed by atoms with Gasteiger partial charge in [-0.05, 0) is 65.4 Å². The Bertz CT molecular complexity index is 1050. The molecule has 160 valence electrons. The maximum atomic E-state index is 12.5. The molecule has 0 atom stereocenters. The second kappa shape index (κ2) is 9.80. The van der Waals surface area contributed by atoms with Crippen molar-refractivity contribution in [2.45, 2.75) is 39.0 Å². The molecular weight excluding hydrogens is 408 g/mol. The van der Waals surface area contributed by atoms with Crippen LogP contribution >= 0.6 is 11.6 Å². The van der Waals surface area contributed by atoms with Crippen molar-refractivity contribution in [1.82, 2.24) is 0 Å². The van der Waals surface area contributed by atoms with Crippen molar-refractivity contribution in [3.8, 4) is 0 Å². The second-order valence-corrected chi connectivity index (χ2v) is 8.91. The molecule has 2 N–H and O–H groups in total. The summed E-state index contributed by atoms with van der Waals surface area (Å²) in [5, 5.41) is 6.42. The third-order valence-corrected chi connectivity index (χ3v) is 5.39. The van der Waals surface area contributed by atoms with Gasteiger partial charge in [-0.1, -0.05) is 62.7 Å². The summed E-state index contributed by atoms with van der Waals surface area (Å²) in [6, 6.07) is 22.2. The number of rotatable bonds is 6. The molecule has 5 heteroatoms. The summed E-state index contributed by atoms with van der Waals surface area (Å²) >= 11 is 6.13. The van der Waals surface area contributed by atoms with Gasteiger partial charge in [0.15, 0.2) is 0 Å². The summed E-state index contributed by atoms with van der Waals surface area (Å²) in [6.45, 7) is 6.41. The highest BCUT2D eigenvalue weighted by molar-refractivity contribution is 6.31. The summed E-state index contributed by atoms with van der Waals surface area (Å²) in [7, 11) is 0. The van der Waals surface area contributed by atoms with Gasteiger partial charge in [0.25, 0.3) is 5.91 Å². The molecule has 0 aromatic heterocycles. The van der Waals surface area contributed by atoms with Crippen molar-refractivity contribution >= 4 is 34.8 Å². The number of nitrogens with one attached hydrogen (secondary N) is 2. The van der Waals surface area contributed by atoms with Crippen molar-refractivity contribution in [2.24, 2.45) is 0 Å². The first-order chi connectivity index (χ1) is 14.7. The van der Waals surface area contributed by atoms with Gasteiger partial charge in [-0.15, -0.1) is 0 Å². The SMILES string of the molecule is CC(C)(C)c1ccc(C(=O)Nc2ccc(NC(=O)CCc3ccccc3Cl)cc2)cc1. The molecule has 3 aromatic rings. The van der Waals surface area contributed by atoms with Gasteiger partial charge in [0, 0.05) is 28.4 Å². The van der Waals surface area contributed by atoms with E-state index in [1.165, 1.54) is 5.56 Å². The molecule has 0 aliphatic carbocycles. The van der Waals surface area contributed by atoms with E-state index in [0.29, 0.717) is 34.8 Å². The van der Waals surface area contributed by atoms with E-state index in [4.69, 9.17) is 11.6 Å². The Hall–Kier alpha value is -3.11. The number of carbonyl (C=O) groups is 2. The molecule has 3 rings (SSSR count). The van der Waals surface area contributed by atoms with E-state index in [1.54, 1.807) is 24.3 Å². The van der Waals surface area contributed by atoms with Crippen molar-refractivity contribution in [3.05, 3.63) is 94.5 Å². The lowest BCUT2D eigenvalue weighted by molar-refractivity contribution is -0.116. The van der Waals surface area contributed by atoms with Crippen LogP contribution in [0.2, 0.25) is 5.02 Å². The zero-order chi connectivity index (χ0) is 22.4. The molecule has 0 bridgehead atoms. The highest BCUT2D eigenvalue weighted by atomic mass is 35.5. The highest BCUT2D eigenvalue weighted by Crippen LogP contribution is 2.23. The van der Waals surface area contributed by atoms with Crippen LogP contribution in [0.15, 0.2) is 72.8 Å². The van der Waals surface area contributed by atoms with E-state index >= 15 is 0 Å². The van der Waals surface area contributed by atoms with Gasteiger partial charge >= 0.3 is 0 Å². The first kappa shape index (κ1) is 22.6. The van der Waals surface area contributed by atoms with Crippen molar-refractivity contribution in [2.75, 3.05) is 10.6 Å². The zero-order valence-corrected chi connectivity index (χ0v) is 18.8. The largest absolute Gasteiger partial charge is 0.326 e. The summed E-state index contributed by atoms with van der Waals surface area (Å²) in [5.41, 5.74) is 4.12. The quantitative estimate of drug-likeness (QED) is 0.467. The Morgan fingerprint density at radius 3 is 1.97 bits per heavy atom. The lowest BCUT2D eigenvalue weighted by atomic mass is 9.87. The van der Waals surface area contributed by atoms with E-state index in [9.17, 15) is 9.59 Å². The second-order valence-electron chi connectivity index (χ2n) is 8.50. The Kier molecular flexibility index (Phi) is 7.13. The van der Waals surface area contributed by atoms with Crippen LogP contribution in [0, 0.1) is 0 Å². The number of hydrogen-bond donors (Lipinski definition) is 2. The topological polar surface area (TPSA) is 58.2 Å². The van der Waals surface area contributed by atoms with Crippen LogP contribution in [-0.4, -0.2) is 11.8 Å². The molecule has 0 saturated heterocycles. The first-order valence-corrected chi connectivity index (χ1v) is 10.7. The Morgan fingerprint density at radius 2 is 1.39 bits per heavy atom. The zero-order valence-electron chi connectivity index (χ0n) is 18.0. The molecule has 2 amide bonds. The fourth-order valence-corrected chi connectivity index (χ4v) is 3.36. The van der Waals surface area contributed by atoms with E-state index in [1.807, 2.05) is 48.5 Å². The summed E-state index contributed by atoms with van der Waals surface area (Å²) in [4.78, 5) is 24.7. The molecule has 0 saturated carbocycles. The van der Waals surface area contributed by atoms with Gasteiger partial charge in [-0.3, -0.25) is 9.59 Å². The fourth-order valence-electron chi connectivity index (χ4n) is 3.13. The molecule has 0 fully saturated rings. The van der Waals surface area contributed by atoms with E-state index in [0.717, 1.165) is 5.56 Å². The van der Waals surface area contributed by atoms with Gasteiger partial charge in [0.05, 0.1) is 0 Å². The maximum Gasteiger partial charge on any atom is 0.255 e. The number of hydrogen-bond acceptors (Lipinski definition) is 2. The van der Waals surface area contributed by atoms with Gasteiger partial charge in [0.1, 0.15) is 0 Å². The molecule has 31 heavy (non-hydrogen) atoms. The molecule has 0 aliphatic heterocycles. The normalized spacial score (nSPS) is 11.1. The number of carbonyl (C=O) groups excluding carboxylic acids is 2. The first-order valence-electron chi connectivity index (χ1n) is 10.3. The van der Waals surface area contributed by atoms with Crippen molar-refractivity contribution in [1.29, 1.82) is 0 Å². The molecule has 0 unspecified atom stereocenters. The molecular formula is C26H27ClN2O2. The van der Waals surface area contributed by atoms with Crippen LogP contribution in [0.1, 0.15) is 48.7 Å². The highest BCUT2D eigenvalue weighted by Gasteiger charge is 2.14. The minimum absolute atomic E-state index is 0.0443. The van der Waals surface area contributed by atoms with Crippen molar-refractivity contribution in [3.63, 3.8) is 0 Å². The number of aryl methyl sites for hydroxylation is 1. The lowest BCUT2D eigenvalue weighted by Crippen LogP contribution is -2.14. The van der Waals surface area contributed by atoms with Gasteiger partial charge < -0.3 is 10.6 Å². The molecule has 0 spiro atoms.